The molecule has 0 saturated carbocycles. The van der Waals surface area contributed by atoms with Crippen LogP contribution < -0.4 is 5.73 Å². The first-order valence-electron chi connectivity index (χ1n) is 5.51. The van der Waals surface area contributed by atoms with Crippen molar-refractivity contribution >= 4 is 11.3 Å². The third-order valence-corrected chi connectivity index (χ3v) is 2.82. The van der Waals surface area contributed by atoms with Gasteiger partial charge in [0, 0.05) is 23.6 Å². The molecule has 0 amide bonds. The maximum atomic E-state index is 8.86. The van der Waals surface area contributed by atoms with Crippen LogP contribution in [0, 0.1) is 11.3 Å². The van der Waals surface area contributed by atoms with Crippen LogP contribution in [0.25, 0.3) is 16.9 Å². The lowest BCUT2D eigenvalue weighted by molar-refractivity contribution is 1.17. The Balaban J connectivity index is 2.20. The maximum Gasteiger partial charge on any atom is 0.137 e. The Bertz CT molecular complexity index is 765. The molecule has 4 heteroatoms. The summed E-state index contributed by atoms with van der Waals surface area (Å²) in [5.41, 5.74) is 9.74. The van der Waals surface area contributed by atoms with E-state index in [4.69, 9.17) is 11.0 Å². The molecular formula is C14H10N4. The first-order chi connectivity index (χ1) is 8.78. The van der Waals surface area contributed by atoms with Gasteiger partial charge >= 0.3 is 0 Å². The standard InChI is InChI=1S/C14H10N4/c15-7-10-5-6-14-17-13(9-18(14)8-10)11-3-1-2-4-12(11)16/h1-6,8-9H,16H2. The van der Waals surface area contributed by atoms with Crippen LogP contribution in [0.1, 0.15) is 5.56 Å². The fraction of sp³-hybridized carbons (Fsp3) is 0. The number of nitrogens with two attached hydrogens (primary N) is 1. The van der Waals surface area contributed by atoms with Crippen LogP contribution in [0.3, 0.4) is 0 Å². The van der Waals surface area contributed by atoms with E-state index in [0.717, 1.165) is 16.9 Å². The smallest absolute Gasteiger partial charge is 0.137 e. The highest BCUT2D eigenvalue weighted by molar-refractivity contribution is 5.74. The number of nitrogen functional groups attached to an aromatic ring is 1. The molecular weight excluding hydrogens is 224 g/mol. The molecule has 86 valence electrons. The van der Waals surface area contributed by atoms with Crippen molar-refractivity contribution in [3.05, 3.63) is 54.4 Å². The van der Waals surface area contributed by atoms with Crippen molar-refractivity contribution < 1.29 is 0 Å². The van der Waals surface area contributed by atoms with Crippen molar-refractivity contribution in [2.75, 3.05) is 5.73 Å². The van der Waals surface area contributed by atoms with Crippen molar-refractivity contribution in [2.45, 2.75) is 0 Å². The number of anilines is 1. The van der Waals surface area contributed by atoms with Crippen LogP contribution in [-0.4, -0.2) is 9.38 Å². The molecule has 2 heterocycles. The second-order valence-corrected chi connectivity index (χ2v) is 4.01. The summed E-state index contributed by atoms with van der Waals surface area (Å²) in [6, 6.07) is 13.3. The Morgan fingerprint density at radius 3 is 2.72 bits per heavy atom. The lowest BCUT2D eigenvalue weighted by Gasteiger charge is -1.99. The Kier molecular flexibility index (Phi) is 2.24. The van der Waals surface area contributed by atoms with Crippen LogP contribution in [0.15, 0.2) is 48.8 Å². The zero-order valence-electron chi connectivity index (χ0n) is 9.54. The Morgan fingerprint density at radius 1 is 1.11 bits per heavy atom. The van der Waals surface area contributed by atoms with Gasteiger partial charge in [0.15, 0.2) is 0 Å². The van der Waals surface area contributed by atoms with E-state index in [1.807, 2.05) is 40.9 Å². The maximum absolute atomic E-state index is 8.86. The van der Waals surface area contributed by atoms with Gasteiger partial charge in [0.25, 0.3) is 0 Å². The normalized spacial score (nSPS) is 10.4. The molecule has 0 spiro atoms. The van der Waals surface area contributed by atoms with Crippen molar-refractivity contribution in [1.29, 1.82) is 5.26 Å². The van der Waals surface area contributed by atoms with Gasteiger partial charge < -0.3 is 10.1 Å². The molecule has 2 N–H and O–H groups in total. The van der Waals surface area contributed by atoms with Crippen LogP contribution >= 0.6 is 0 Å². The molecule has 2 aromatic heterocycles. The van der Waals surface area contributed by atoms with Gasteiger partial charge in [0.05, 0.1) is 11.3 Å². The molecule has 0 bridgehead atoms. The van der Waals surface area contributed by atoms with Gasteiger partial charge in [0.1, 0.15) is 11.7 Å². The number of aromatic nitrogens is 2. The highest BCUT2D eigenvalue weighted by Gasteiger charge is 2.07. The minimum absolute atomic E-state index is 0.604. The third-order valence-electron chi connectivity index (χ3n) is 2.82. The monoisotopic (exact) mass is 234 g/mol. The molecule has 18 heavy (non-hydrogen) atoms. The van der Waals surface area contributed by atoms with Gasteiger partial charge in [-0.05, 0) is 18.2 Å². The summed E-state index contributed by atoms with van der Waals surface area (Å²) in [5, 5.41) is 8.86. The van der Waals surface area contributed by atoms with Crippen LogP contribution in [0.2, 0.25) is 0 Å². The second kappa shape index (κ2) is 3.90. The first kappa shape index (κ1) is 10.4. The molecule has 0 fully saturated rings. The molecule has 0 aliphatic carbocycles. The number of fused-ring (bicyclic) bond motifs is 1. The number of hydrogen-bond acceptors (Lipinski definition) is 3. The third kappa shape index (κ3) is 1.59. The molecule has 0 radical (unpaired) electrons. The van der Waals surface area contributed by atoms with Crippen molar-refractivity contribution in [1.82, 2.24) is 9.38 Å². The van der Waals surface area contributed by atoms with Gasteiger partial charge in [-0.15, -0.1) is 0 Å². The number of pyridine rings is 1. The molecule has 0 atom stereocenters. The minimum Gasteiger partial charge on any atom is -0.398 e. The molecule has 3 aromatic rings. The Hall–Kier alpha value is -2.80. The van der Waals surface area contributed by atoms with Gasteiger partial charge in [-0.2, -0.15) is 5.26 Å². The quantitative estimate of drug-likeness (QED) is 0.657. The van der Waals surface area contributed by atoms with Crippen LogP contribution in [0.4, 0.5) is 5.69 Å². The topological polar surface area (TPSA) is 67.1 Å². The molecule has 4 nitrogen and oxygen atoms in total. The number of imidazole rings is 1. The van der Waals surface area contributed by atoms with E-state index in [1.54, 1.807) is 12.3 Å². The highest BCUT2D eigenvalue weighted by Crippen LogP contribution is 2.24. The molecule has 0 aliphatic heterocycles. The number of para-hydroxylation sites is 1. The van der Waals surface area contributed by atoms with E-state index >= 15 is 0 Å². The predicted molar refractivity (Wildman–Crippen MR) is 69.8 cm³/mol. The minimum atomic E-state index is 0.604. The summed E-state index contributed by atoms with van der Waals surface area (Å²) in [5.74, 6) is 0. The summed E-state index contributed by atoms with van der Waals surface area (Å²) in [7, 11) is 0. The molecule has 0 saturated heterocycles. The van der Waals surface area contributed by atoms with E-state index in [2.05, 4.69) is 11.1 Å². The van der Waals surface area contributed by atoms with Crippen LogP contribution in [-0.2, 0) is 0 Å². The number of hydrogen-bond donors (Lipinski definition) is 1. The summed E-state index contributed by atoms with van der Waals surface area (Å²) >= 11 is 0. The van der Waals surface area contributed by atoms with Crippen molar-refractivity contribution in [2.24, 2.45) is 0 Å². The summed E-state index contributed by atoms with van der Waals surface area (Å²) in [6.07, 6.45) is 3.63. The Labute approximate surface area is 104 Å². The SMILES string of the molecule is N#Cc1ccc2nc(-c3ccccc3N)cn2c1. The highest BCUT2D eigenvalue weighted by atomic mass is 15.0. The average molecular weight is 234 g/mol. The van der Waals surface area contributed by atoms with Gasteiger partial charge in [0.2, 0.25) is 0 Å². The van der Waals surface area contributed by atoms with E-state index in [1.165, 1.54) is 0 Å². The first-order valence-corrected chi connectivity index (χ1v) is 5.51. The number of nitrogens with zero attached hydrogens (tertiary/aromatic N) is 3. The largest absolute Gasteiger partial charge is 0.398 e. The number of benzene rings is 1. The Morgan fingerprint density at radius 2 is 1.94 bits per heavy atom. The summed E-state index contributed by atoms with van der Waals surface area (Å²) in [4.78, 5) is 4.49. The average Bonchev–Trinajstić information content (AvgIpc) is 2.81. The molecule has 1 aromatic carbocycles. The van der Waals surface area contributed by atoms with E-state index in [-0.39, 0.29) is 0 Å². The predicted octanol–water partition coefficient (Wildman–Crippen LogP) is 2.46. The molecule has 3 rings (SSSR count). The van der Waals surface area contributed by atoms with Gasteiger partial charge in [-0.1, -0.05) is 18.2 Å². The fourth-order valence-electron chi connectivity index (χ4n) is 1.92. The second-order valence-electron chi connectivity index (χ2n) is 4.01. The lowest BCUT2D eigenvalue weighted by atomic mass is 10.1. The van der Waals surface area contributed by atoms with Crippen LogP contribution in [0.5, 0.6) is 0 Å². The lowest BCUT2D eigenvalue weighted by Crippen LogP contribution is -1.88. The van der Waals surface area contributed by atoms with Crippen molar-refractivity contribution in [3.63, 3.8) is 0 Å². The summed E-state index contributed by atoms with van der Waals surface area (Å²) < 4.78 is 1.83. The zero-order valence-corrected chi connectivity index (χ0v) is 9.54. The van der Waals surface area contributed by atoms with E-state index in [9.17, 15) is 0 Å². The van der Waals surface area contributed by atoms with E-state index < -0.39 is 0 Å². The van der Waals surface area contributed by atoms with E-state index in [0.29, 0.717) is 11.3 Å². The van der Waals surface area contributed by atoms with Crippen molar-refractivity contribution in [3.8, 4) is 17.3 Å². The molecule has 0 unspecified atom stereocenters. The molecule has 0 aliphatic rings. The number of rotatable bonds is 1. The number of nitriles is 1. The van der Waals surface area contributed by atoms with Gasteiger partial charge in [-0.3, -0.25) is 0 Å². The fourth-order valence-corrected chi connectivity index (χ4v) is 1.92. The zero-order chi connectivity index (χ0) is 12.5. The summed E-state index contributed by atoms with van der Waals surface area (Å²) in [6.45, 7) is 0. The van der Waals surface area contributed by atoms with Gasteiger partial charge in [-0.25, -0.2) is 4.98 Å².